The minimum absolute atomic E-state index is 0.198. The van der Waals surface area contributed by atoms with Crippen LogP contribution in [0.4, 0.5) is 13.2 Å². The Morgan fingerprint density at radius 3 is 1.86 bits per heavy atom. The van der Waals surface area contributed by atoms with E-state index in [1.54, 1.807) is 0 Å². The van der Waals surface area contributed by atoms with Crippen LogP contribution in [0.15, 0.2) is 0 Å². The van der Waals surface area contributed by atoms with Gasteiger partial charge in [0.2, 0.25) is 0 Å². The Balaban J connectivity index is 4.13. The highest BCUT2D eigenvalue weighted by atomic mass is 19.4. The molecule has 0 saturated carbocycles. The first-order chi connectivity index (χ1) is 6.08. The molecule has 0 bridgehead atoms. The van der Waals surface area contributed by atoms with Crippen molar-refractivity contribution in [3.8, 4) is 0 Å². The molecule has 4 heteroatoms. The number of alkyl halides is 3. The molecule has 0 spiro atoms. The maximum Gasteiger partial charge on any atom is 0.416 e. The normalized spacial score (nSPS) is 19.5. The summed E-state index contributed by atoms with van der Waals surface area (Å²) in [5.74, 6) is 0.544. The smallest absolute Gasteiger partial charge is 0.381 e. The van der Waals surface area contributed by atoms with E-state index in [0.29, 0.717) is 12.3 Å². The Morgan fingerprint density at radius 1 is 1.14 bits per heavy atom. The van der Waals surface area contributed by atoms with E-state index in [1.165, 1.54) is 0 Å². The molecule has 14 heavy (non-hydrogen) atoms. The van der Waals surface area contributed by atoms with Gasteiger partial charge in [0.15, 0.2) is 5.60 Å². The predicted octanol–water partition coefficient (Wildman–Crippen LogP) is 3.37. The summed E-state index contributed by atoms with van der Waals surface area (Å²) in [5, 5.41) is 9.16. The lowest BCUT2D eigenvalue weighted by Crippen LogP contribution is -2.42. The van der Waals surface area contributed by atoms with Crippen LogP contribution in [0.25, 0.3) is 0 Å². The van der Waals surface area contributed by atoms with Crippen LogP contribution in [0.1, 0.15) is 40.5 Å². The van der Waals surface area contributed by atoms with Crippen molar-refractivity contribution in [3.05, 3.63) is 0 Å². The van der Waals surface area contributed by atoms with Crippen LogP contribution >= 0.6 is 0 Å². The van der Waals surface area contributed by atoms with Crippen molar-refractivity contribution < 1.29 is 18.3 Å². The third-order valence-electron chi connectivity index (χ3n) is 2.84. The molecule has 0 rings (SSSR count). The Labute approximate surface area is 83.3 Å². The maximum atomic E-state index is 12.2. The summed E-state index contributed by atoms with van der Waals surface area (Å²) >= 11 is 0. The molecule has 0 aromatic heterocycles. The van der Waals surface area contributed by atoms with Crippen molar-refractivity contribution in [1.29, 1.82) is 0 Å². The van der Waals surface area contributed by atoms with E-state index in [-0.39, 0.29) is 12.3 Å². The van der Waals surface area contributed by atoms with Crippen LogP contribution in [0.2, 0.25) is 0 Å². The second-order valence-electron chi connectivity index (χ2n) is 4.53. The molecule has 0 aliphatic carbocycles. The lowest BCUT2D eigenvalue weighted by atomic mass is 9.88. The van der Waals surface area contributed by atoms with Crippen molar-refractivity contribution >= 4 is 0 Å². The summed E-state index contributed by atoms with van der Waals surface area (Å²) in [4.78, 5) is 0. The topological polar surface area (TPSA) is 20.2 Å². The SMILES string of the molecule is CC(C)C(C)CCC(C)(O)C(F)(F)F. The van der Waals surface area contributed by atoms with Crippen molar-refractivity contribution in [2.75, 3.05) is 0 Å². The van der Waals surface area contributed by atoms with Crippen LogP contribution in [0.3, 0.4) is 0 Å². The minimum Gasteiger partial charge on any atom is -0.381 e. The summed E-state index contributed by atoms with van der Waals surface area (Å²) in [6.07, 6.45) is -4.36. The summed E-state index contributed by atoms with van der Waals surface area (Å²) < 4.78 is 36.7. The van der Waals surface area contributed by atoms with Gasteiger partial charge in [0.25, 0.3) is 0 Å². The Kier molecular flexibility index (Phi) is 4.43. The molecule has 0 aromatic rings. The average Bonchev–Trinajstić information content (AvgIpc) is 1.97. The van der Waals surface area contributed by atoms with Gasteiger partial charge in [-0.05, 0) is 31.6 Å². The maximum absolute atomic E-state index is 12.2. The van der Waals surface area contributed by atoms with Gasteiger partial charge in [-0.2, -0.15) is 13.2 Å². The molecule has 0 saturated heterocycles. The van der Waals surface area contributed by atoms with Crippen molar-refractivity contribution in [1.82, 2.24) is 0 Å². The molecule has 2 unspecified atom stereocenters. The van der Waals surface area contributed by atoms with E-state index in [0.717, 1.165) is 6.92 Å². The van der Waals surface area contributed by atoms with Gasteiger partial charge >= 0.3 is 6.18 Å². The van der Waals surface area contributed by atoms with Gasteiger partial charge in [0.05, 0.1) is 0 Å². The number of hydrogen-bond acceptors (Lipinski definition) is 1. The summed E-state index contributed by atoms with van der Waals surface area (Å²) in [7, 11) is 0. The molecule has 86 valence electrons. The highest BCUT2D eigenvalue weighted by Gasteiger charge is 2.49. The van der Waals surface area contributed by atoms with E-state index < -0.39 is 11.8 Å². The van der Waals surface area contributed by atoms with E-state index in [4.69, 9.17) is 5.11 Å². The Hall–Kier alpha value is -0.250. The largest absolute Gasteiger partial charge is 0.416 e. The number of hydrogen-bond donors (Lipinski definition) is 1. The molecule has 1 N–H and O–H groups in total. The fraction of sp³-hybridized carbons (Fsp3) is 1.00. The average molecular weight is 212 g/mol. The molecule has 0 aliphatic rings. The van der Waals surface area contributed by atoms with Crippen LogP contribution < -0.4 is 0 Å². The van der Waals surface area contributed by atoms with Gasteiger partial charge in [-0.1, -0.05) is 20.8 Å². The van der Waals surface area contributed by atoms with Crippen molar-refractivity contribution in [3.63, 3.8) is 0 Å². The fourth-order valence-electron chi connectivity index (χ4n) is 0.984. The zero-order valence-corrected chi connectivity index (χ0v) is 9.15. The third kappa shape index (κ3) is 3.86. The summed E-state index contributed by atoms with van der Waals surface area (Å²) in [5.41, 5.74) is -2.55. The first kappa shape index (κ1) is 13.8. The number of halogens is 3. The molecular weight excluding hydrogens is 193 g/mol. The van der Waals surface area contributed by atoms with E-state index >= 15 is 0 Å². The van der Waals surface area contributed by atoms with Gasteiger partial charge in [-0.15, -0.1) is 0 Å². The summed E-state index contributed by atoms with van der Waals surface area (Å²) in [6.45, 7) is 6.66. The zero-order chi connectivity index (χ0) is 11.6. The Morgan fingerprint density at radius 2 is 1.57 bits per heavy atom. The molecular formula is C10H19F3O. The quantitative estimate of drug-likeness (QED) is 0.757. The molecule has 0 amide bonds. The van der Waals surface area contributed by atoms with E-state index in [1.807, 2.05) is 20.8 Å². The van der Waals surface area contributed by atoms with Crippen LogP contribution in [0, 0.1) is 11.8 Å². The van der Waals surface area contributed by atoms with Gasteiger partial charge in [-0.3, -0.25) is 0 Å². The van der Waals surface area contributed by atoms with Gasteiger partial charge in [0, 0.05) is 0 Å². The van der Waals surface area contributed by atoms with Gasteiger partial charge in [0.1, 0.15) is 0 Å². The predicted molar refractivity (Wildman–Crippen MR) is 49.9 cm³/mol. The van der Waals surface area contributed by atoms with Crippen molar-refractivity contribution in [2.45, 2.75) is 52.3 Å². The molecule has 0 heterocycles. The molecule has 2 atom stereocenters. The van der Waals surface area contributed by atoms with Crippen molar-refractivity contribution in [2.24, 2.45) is 11.8 Å². The van der Waals surface area contributed by atoms with Gasteiger partial charge in [-0.25, -0.2) is 0 Å². The highest BCUT2D eigenvalue weighted by molar-refractivity contribution is 4.82. The minimum atomic E-state index is -4.52. The zero-order valence-electron chi connectivity index (χ0n) is 9.15. The van der Waals surface area contributed by atoms with Crippen LogP contribution in [-0.2, 0) is 0 Å². The molecule has 1 nitrogen and oxygen atoms in total. The van der Waals surface area contributed by atoms with Crippen LogP contribution in [-0.4, -0.2) is 16.9 Å². The monoisotopic (exact) mass is 212 g/mol. The third-order valence-corrected chi connectivity index (χ3v) is 2.84. The summed E-state index contributed by atoms with van der Waals surface area (Å²) in [6, 6.07) is 0. The second-order valence-corrected chi connectivity index (χ2v) is 4.53. The molecule has 0 aliphatic heterocycles. The Bertz CT molecular complexity index is 173. The van der Waals surface area contributed by atoms with Crippen LogP contribution in [0.5, 0.6) is 0 Å². The molecule has 0 fully saturated rings. The number of aliphatic hydroxyl groups is 1. The highest BCUT2D eigenvalue weighted by Crippen LogP contribution is 2.35. The second kappa shape index (κ2) is 4.51. The number of rotatable bonds is 4. The van der Waals surface area contributed by atoms with Gasteiger partial charge < -0.3 is 5.11 Å². The first-order valence-corrected chi connectivity index (χ1v) is 4.87. The lowest BCUT2D eigenvalue weighted by molar-refractivity contribution is -0.256. The standard InChI is InChI=1S/C10H19F3O/c1-7(2)8(3)5-6-9(4,14)10(11,12)13/h7-8,14H,5-6H2,1-4H3. The molecule has 0 radical (unpaired) electrons. The van der Waals surface area contributed by atoms with E-state index in [9.17, 15) is 13.2 Å². The fourth-order valence-corrected chi connectivity index (χ4v) is 0.984. The van der Waals surface area contributed by atoms with E-state index in [2.05, 4.69) is 0 Å². The first-order valence-electron chi connectivity index (χ1n) is 4.87. The lowest BCUT2D eigenvalue weighted by Gasteiger charge is -2.28. The molecule has 0 aromatic carbocycles.